The molecule has 0 spiro atoms. The second-order valence-corrected chi connectivity index (χ2v) is 5.82. The zero-order valence-corrected chi connectivity index (χ0v) is 13.7. The Morgan fingerprint density at radius 3 is 2.30 bits per heavy atom. The number of hydrogen-bond acceptors (Lipinski definition) is 3. The number of nitrogens with one attached hydrogen (secondary N) is 2. The molecule has 0 radical (unpaired) electrons. The number of amides is 1. The van der Waals surface area contributed by atoms with Gasteiger partial charge in [0, 0.05) is 16.9 Å². The van der Waals surface area contributed by atoms with E-state index < -0.39 is 0 Å². The van der Waals surface area contributed by atoms with Crippen LogP contribution in [0.2, 0.25) is 0 Å². The Bertz CT molecular complexity index is 691. The molecular formula is C19H22N2O2. The average Bonchev–Trinajstić information content (AvgIpc) is 2.53. The molecule has 2 aromatic rings. The predicted octanol–water partition coefficient (Wildman–Crippen LogP) is 4.06. The molecule has 2 N–H and O–H groups in total. The van der Waals surface area contributed by atoms with E-state index in [0.717, 1.165) is 11.4 Å². The summed E-state index contributed by atoms with van der Waals surface area (Å²) in [5, 5.41) is 5.87. The van der Waals surface area contributed by atoms with E-state index in [4.69, 9.17) is 0 Å². The van der Waals surface area contributed by atoms with Crippen molar-refractivity contribution in [1.82, 2.24) is 0 Å². The Hall–Kier alpha value is -2.62. The number of Topliss-reactive ketones (excluding diaryl/α,β-unsaturated/α-hetero) is 1. The fourth-order valence-corrected chi connectivity index (χ4v) is 2.19. The van der Waals surface area contributed by atoms with Gasteiger partial charge in [0.1, 0.15) is 0 Å². The Labute approximate surface area is 136 Å². The molecule has 0 heterocycles. The molecule has 0 aliphatic heterocycles. The molecule has 2 aromatic carbocycles. The highest BCUT2D eigenvalue weighted by atomic mass is 16.2. The minimum absolute atomic E-state index is 0.00310. The van der Waals surface area contributed by atoms with Crippen molar-refractivity contribution in [3.63, 3.8) is 0 Å². The zero-order valence-electron chi connectivity index (χ0n) is 13.7. The summed E-state index contributed by atoms with van der Waals surface area (Å²) in [6.07, 6.45) is 0. The average molecular weight is 310 g/mol. The van der Waals surface area contributed by atoms with Crippen LogP contribution in [0.15, 0.2) is 48.5 Å². The first-order valence-electron chi connectivity index (χ1n) is 7.70. The van der Waals surface area contributed by atoms with Crippen LogP contribution >= 0.6 is 0 Å². The number of hydrogen-bond donors (Lipinski definition) is 2. The first-order chi connectivity index (χ1) is 11.0. The lowest BCUT2D eigenvalue weighted by molar-refractivity contribution is -0.114. The Morgan fingerprint density at radius 2 is 1.70 bits per heavy atom. The van der Waals surface area contributed by atoms with Crippen molar-refractivity contribution in [3.05, 3.63) is 59.7 Å². The third-order valence-electron chi connectivity index (χ3n) is 3.58. The van der Waals surface area contributed by atoms with Gasteiger partial charge in [-0.2, -0.15) is 0 Å². The normalized spacial score (nSPS) is 10.4. The van der Waals surface area contributed by atoms with Crippen LogP contribution in [-0.2, 0) is 4.79 Å². The molecule has 23 heavy (non-hydrogen) atoms. The van der Waals surface area contributed by atoms with Crippen LogP contribution in [0.3, 0.4) is 0 Å². The summed E-state index contributed by atoms with van der Waals surface area (Å²) >= 11 is 0. The minimum Gasteiger partial charge on any atom is -0.376 e. The van der Waals surface area contributed by atoms with Crippen molar-refractivity contribution in [2.45, 2.75) is 26.7 Å². The number of carbonyl (C=O) groups is 2. The molecule has 4 heteroatoms. The predicted molar refractivity (Wildman–Crippen MR) is 94.1 cm³/mol. The highest BCUT2D eigenvalue weighted by Gasteiger charge is 2.05. The standard InChI is InChI=1S/C19H22N2O2/c1-13(2)15-7-9-17(10-8-15)21-19(23)12-20-18-6-4-5-16(11-18)14(3)22/h4-11,13,20H,12H2,1-3H3,(H,21,23). The number of anilines is 2. The topological polar surface area (TPSA) is 58.2 Å². The fourth-order valence-electron chi connectivity index (χ4n) is 2.19. The van der Waals surface area contributed by atoms with Crippen LogP contribution in [-0.4, -0.2) is 18.2 Å². The summed E-state index contributed by atoms with van der Waals surface area (Å²) in [5.41, 5.74) is 3.39. The third-order valence-corrected chi connectivity index (χ3v) is 3.58. The largest absolute Gasteiger partial charge is 0.376 e. The molecule has 0 aliphatic carbocycles. The molecule has 0 atom stereocenters. The summed E-state index contributed by atoms with van der Waals surface area (Å²) in [5.74, 6) is 0.342. The van der Waals surface area contributed by atoms with E-state index in [0.29, 0.717) is 11.5 Å². The van der Waals surface area contributed by atoms with Crippen LogP contribution < -0.4 is 10.6 Å². The van der Waals surface area contributed by atoms with Crippen molar-refractivity contribution < 1.29 is 9.59 Å². The molecule has 4 nitrogen and oxygen atoms in total. The van der Waals surface area contributed by atoms with Gasteiger partial charge < -0.3 is 10.6 Å². The van der Waals surface area contributed by atoms with E-state index in [-0.39, 0.29) is 18.2 Å². The Morgan fingerprint density at radius 1 is 1.00 bits per heavy atom. The van der Waals surface area contributed by atoms with Crippen molar-refractivity contribution in [1.29, 1.82) is 0 Å². The maximum Gasteiger partial charge on any atom is 0.243 e. The molecule has 0 saturated heterocycles. The lowest BCUT2D eigenvalue weighted by atomic mass is 10.0. The lowest BCUT2D eigenvalue weighted by Gasteiger charge is -2.10. The molecule has 120 valence electrons. The van der Waals surface area contributed by atoms with Crippen LogP contribution in [0.4, 0.5) is 11.4 Å². The highest BCUT2D eigenvalue weighted by molar-refractivity contribution is 5.96. The van der Waals surface area contributed by atoms with Gasteiger partial charge in [0.2, 0.25) is 5.91 Å². The van der Waals surface area contributed by atoms with E-state index in [1.807, 2.05) is 30.3 Å². The van der Waals surface area contributed by atoms with E-state index in [9.17, 15) is 9.59 Å². The van der Waals surface area contributed by atoms with Gasteiger partial charge in [-0.25, -0.2) is 0 Å². The van der Waals surface area contributed by atoms with E-state index >= 15 is 0 Å². The van der Waals surface area contributed by atoms with Crippen molar-refractivity contribution >= 4 is 23.1 Å². The van der Waals surface area contributed by atoms with Gasteiger partial charge in [-0.05, 0) is 42.7 Å². The van der Waals surface area contributed by atoms with Crippen LogP contribution in [0.5, 0.6) is 0 Å². The van der Waals surface area contributed by atoms with Gasteiger partial charge in [0.05, 0.1) is 6.54 Å². The quantitative estimate of drug-likeness (QED) is 0.791. The third kappa shape index (κ3) is 4.95. The van der Waals surface area contributed by atoms with Crippen molar-refractivity contribution in [3.8, 4) is 0 Å². The fraction of sp³-hybridized carbons (Fsp3) is 0.263. The van der Waals surface area contributed by atoms with Crippen LogP contribution in [0.1, 0.15) is 42.6 Å². The van der Waals surface area contributed by atoms with Crippen LogP contribution in [0, 0.1) is 0 Å². The van der Waals surface area contributed by atoms with Gasteiger partial charge in [-0.3, -0.25) is 9.59 Å². The Kier molecular flexibility index (Phi) is 5.52. The zero-order chi connectivity index (χ0) is 16.8. The molecule has 0 aliphatic rings. The molecule has 0 unspecified atom stereocenters. The monoisotopic (exact) mass is 310 g/mol. The smallest absolute Gasteiger partial charge is 0.243 e. The summed E-state index contributed by atoms with van der Waals surface area (Å²) in [7, 11) is 0. The van der Waals surface area contributed by atoms with Gasteiger partial charge in [-0.1, -0.05) is 38.1 Å². The lowest BCUT2D eigenvalue weighted by Crippen LogP contribution is -2.21. The first-order valence-corrected chi connectivity index (χ1v) is 7.70. The molecule has 1 amide bonds. The summed E-state index contributed by atoms with van der Waals surface area (Å²) in [6, 6.07) is 15.0. The molecule has 2 rings (SSSR count). The number of ketones is 1. The minimum atomic E-state index is -0.129. The number of benzene rings is 2. The molecule has 0 aromatic heterocycles. The van der Waals surface area contributed by atoms with E-state index in [2.05, 4.69) is 24.5 Å². The summed E-state index contributed by atoms with van der Waals surface area (Å²) in [6.45, 7) is 5.93. The number of carbonyl (C=O) groups excluding carboxylic acids is 2. The van der Waals surface area contributed by atoms with E-state index in [1.165, 1.54) is 12.5 Å². The van der Waals surface area contributed by atoms with Gasteiger partial charge in [0.25, 0.3) is 0 Å². The molecule has 0 saturated carbocycles. The number of rotatable bonds is 6. The molecule has 0 fully saturated rings. The highest BCUT2D eigenvalue weighted by Crippen LogP contribution is 2.17. The van der Waals surface area contributed by atoms with Crippen molar-refractivity contribution in [2.75, 3.05) is 17.2 Å². The van der Waals surface area contributed by atoms with Crippen molar-refractivity contribution in [2.24, 2.45) is 0 Å². The van der Waals surface area contributed by atoms with Gasteiger partial charge in [0.15, 0.2) is 5.78 Å². The Balaban J connectivity index is 1.90. The molecular weight excluding hydrogens is 288 g/mol. The summed E-state index contributed by atoms with van der Waals surface area (Å²) in [4.78, 5) is 23.3. The van der Waals surface area contributed by atoms with Gasteiger partial charge >= 0.3 is 0 Å². The van der Waals surface area contributed by atoms with Gasteiger partial charge in [-0.15, -0.1) is 0 Å². The SMILES string of the molecule is CC(=O)c1cccc(NCC(=O)Nc2ccc(C(C)C)cc2)c1. The second-order valence-electron chi connectivity index (χ2n) is 5.82. The molecule has 0 bridgehead atoms. The first kappa shape index (κ1) is 16.7. The van der Waals surface area contributed by atoms with Crippen LogP contribution in [0.25, 0.3) is 0 Å². The van der Waals surface area contributed by atoms with E-state index in [1.54, 1.807) is 18.2 Å². The maximum atomic E-state index is 12.0. The second kappa shape index (κ2) is 7.58. The maximum absolute atomic E-state index is 12.0. The summed E-state index contributed by atoms with van der Waals surface area (Å²) < 4.78 is 0.